The number of benzene rings is 6. The molecule has 2 fully saturated rings. The quantitative estimate of drug-likeness (QED) is 0.170. The molecule has 2 amide bonds. The molecule has 2 aliphatic rings. The summed E-state index contributed by atoms with van der Waals surface area (Å²) in [6.07, 6.45) is -8.87. The number of piperazine rings is 2. The van der Waals surface area contributed by atoms with E-state index in [0.29, 0.717) is 55.0 Å². The molecule has 12 heteroatoms. The van der Waals surface area contributed by atoms with Gasteiger partial charge in [-0.2, -0.15) is 26.3 Å². The minimum absolute atomic E-state index is 0.0573. The second kappa shape index (κ2) is 18.6. The van der Waals surface area contributed by atoms with Gasteiger partial charge in [-0.25, -0.2) is 0 Å². The average Bonchev–Trinajstić information content (AvgIpc) is 3.29. The summed E-state index contributed by atoms with van der Waals surface area (Å²) in [5.74, 6) is -0.224. The molecule has 1 N–H and O–H groups in total. The highest BCUT2D eigenvalue weighted by atomic mass is 19.4. The fourth-order valence-electron chi connectivity index (χ4n) is 7.85. The molecule has 2 atom stereocenters. The first-order valence-corrected chi connectivity index (χ1v) is 19.9. The van der Waals surface area contributed by atoms with Gasteiger partial charge in [0.1, 0.15) is 0 Å². The summed E-state index contributed by atoms with van der Waals surface area (Å²) in [6.45, 7) is 3.74. The molecule has 6 aromatic rings. The van der Waals surface area contributed by atoms with Crippen molar-refractivity contribution in [2.75, 3.05) is 46.3 Å². The fraction of sp³-hybridized carbons (Fsp3) is 0.224. The molecule has 2 heterocycles. The zero-order chi connectivity index (χ0) is 43.1. The Morgan fingerprint density at radius 3 is 1.41 bits per heavy atom. The van der Waals surface area contributed by atoms with Crippen LogP contribution >= 0.6 is 0 Å². The minimum Gasteiger partial charge on any atom is -0.335 e. The number of nitrogens with zero attached hydrogens (tertiary/aromatic N) is 3. The van der Waals surface area contributed by atoms with Crippen molar-refractivity contribution in [1.82, 2.24) is 20.0 Å². The number of alkyl halides is 6. The van der Waals surface area contributed by atoms with Crippen LogP contribution in [0.25, 0.3) is 22.3 Å². The molecule has 2 unspecified atom stereocenters. The molecule has 0 radical (unpaired) electrons. The molecule has 61 heavy (non-hydrogen) atoms. The van der Waals surface area contributed by atoms with Crippen molar-refractivity contribution in [1.29, 1.82) is 0 Å². The lowest BCUT2D eigenvalue weighted by atomic mass is 9.98. The Kier molecular flexibility index (Phi) is 13.1. The number of carbonyl (C=O) groups is 2. The molecule has 314 valence electrons. The third-order valence-electron chi connectivity index (χ3n) is 11.1. The van der Waals surface area contributed by atoms with Crippen molar-refractivity contribution < 1.29 is 35.9 Å². The van der Waals surface area contributed by atoms with Gasteiger partial charge in [0.25, 0.3) is 11.8 Å². The SMILES string of the molecule is CN1CCN(C(=O)c2ccc(-c3ccccc3C(F)(F)F)cc2)CC1c1ccccc1.O=C(c1ccc(-c2ccccc2C(F)(F)F)cc1)N1CCNC(c2ccccc2)C1. The second-order valence-electron chi connectivity index (χ2n) is 15.1. The maximum atomic E-state index is 13.3. The van der Waals surface area contributed by atoms with E-state index in [9.17, 15) is 35.9 Å². The third kappa shape index (κ3) is 10.2. The molecule has 8 rings (SSSR count). The van der Waals surface area contributed by atoms with E-state index in [1.54, 1.807) is 65.6 Å². The maximum Gasteiger partial charge on any atom is 0.417 e. The Morgan fingerprint density at radius 2 is 0.934 bits per heavy atom. The zero-order valence-corrected chi connectivity index (χ0v) is 33.3. The first kappa shape index (κ1) is 42.9. The van der Waals surface area contributed by atoms with Gasteiger partial charge < -0.3 is 15.1 Å². The van der Waals surface area contributed by atoms with E-state index in [1.807, 2.05) is 60.5 Å². The summed E-state index contributed by atoms with van der Waals surface area (Å²) in [7, 11) is 2.05. The van der Waals surface area contributed by atoms with Gasteiger partial charge in [-0.3, -0.25) is 14.5 Å². The smallest absolute Gasteiger partial charge is 0.335 e. The third-order valence-corrected chi connectivity index (χ3v) is 11.1. The minimum atomic E-state index is -4.43. The van der Waals surface area contributed by atoms with E-state index < -0.39 is 23.5 Å². The van der Waals surface area contributed by atoms with E-state index in [4.69, 9.17) is 0 Å². The highest BCUT2D eigenvalue weighted by Gasteiger charge is 2.35. The summed E-state index contributed by atoms with van der Waals surface area (Å²) < 4.78 is 79.9. The molecular weight excluding hydrogens is 791 g/mol. The van der Waals surface area contributed by atoms with Crippen LogP contribution < -0.4 is 5.32 Å². The van der Waals surface area contributed by atoms with E-state index in [2.05, 4.69) is 22.3 Å². The Balaban J connectivity index is 0.000000184. The summed E-state index contributed by atoms with van der Waals surface area (Å²) in [4.78, 5) is 31.9. The molecule has 6 aromatic carbocycles. The van der Waals surface area contributed by atoms with Crippen molar-refractivity contribution in [3.63, 3.8) is 0 Å². The van der Waals surface area contributed by atoms with Crippen LogP contribution in [0.3, 0.4) is 0 Å². The van der Waals surface area contributed by atoms with Gasteiger partial charge >= 0.3 is 12.4 Å². The Hall–Kier alpha value is -6.24. The second-order valence-corrected chi connectivity index (χ2v) is 15.1. The number of likely N-dealkylation sites (N-methyl/N-ethyl adjacent to an activating group) is 1. The summed E-state index contributed by atoms with van der Waals surface area (Å²) in [6, 6.07) is 43.9. The van der Waals surface area contributed by atoms with Crippen LogP contribution in [0.1, 0.15) is 55.1 Å². The number of hydrogen-bond acceptors (Lipinski definition) is 4. The van der Waals surface area contributed by atoms with E-state index in [1.165, 1.54) is 24.3 Å². The van der Waals surface area contributed by atoms with Crippen LogP contribution in [-0.2, 0) is 12.4 Å². The number of carbonyl (C=O) groups excluding carboxylic acids is 2. The van der Waals surface area contributed by atoms with Crippen LogP contribution in [-0.4, -0.2) is 72.8 Å². The average molecular weight is 835 g/mol. The molecule has 0 aromatic heterocycles. The van der Waals surface area contributed by atoms with Crippen LogP contribution in [0.15, 0.2) is 158 Å². The molecule has 0 saturated carbocycles. The first-order valence-electron chi connectivity index (χ1n) is 19.9. The lowest BCUT2D eigenvalue weighted by molar-refractivity contribution is -0.137. The lowest BCUT2D eigenvalue weighted by Gasteiger charge is -2.39. The first-order chi connectivity index (χ1) is 29.3. The predicted octanol–water partition coefficient (Wildman–Crippen LogP) is 10.7. The molecule has 0 bridgehead atoms. The van der Waals surface area contributed by atoms with Gasteiger partial charge in [0, 0.05) is 56.4 Å². The van der Waals surface area contributed by atoms with Crippen LogP contribution in [0.5, 0.6) is 0 Å². The number of hydrogen-bond donors (Lipinski definition) is 1. The molecule has 2 saturated heterocycles. The van der Waals surface area contributed by atoms with Crippen molar-refractivity contribution in [3.8, 4) is 22.3 Å². The molecular formula is C49H44F6N4O2. The normalized spacial score (nSPS) is 17.3. The van der Waals surface area contributed by atoms with Gasteiger partial charge in [-0.05, 0) is 76.8 Å². The molecule has 2 aliphatic heterocycles. The highest BCUT2D eigenvalue weighted by molar-refractivity contribution is 5.95. The Labute approximate surface area is 351 Å². The molecule has 0 aliphatic carbocycles. The summed E-state index contributed by atoms with van der Waals surface area (Å²) >= 11 is 0. The van der Waals surface area contributed by atoms with Crippen molar-refractivity contribution in [2.45, 2.75) is 24.4 Å². The van der Waals surface area contributed by atoms with Crippen molar-refractivity contribution >= 4 is 11.8 Å². The largest absolute Gasteiger partial charge is 0.417 e. The zero-order valence-electron chi connectivity index (χ0n) is 33.3. The van der Waals surface area contributed by atoms with Crippen LogP contribution in [0.2, 0.25) is 0 Å². The highest BCUT2D eigenvalue weighted by Crippen LogP contribution is 2.38. The van der Waals surface area contributed by atoms with Crippen molar-refractivity contribution in [2.24, 2.45) is 0 Å². The Bertz CT molecular complexity index is 2410. The molecule has 6 nitrogen and oxygen atoms in total. The van der Waals surface area contributed by atoms with E-state index in [-0.39, 0.29) is 35.0 Å². The van der Waals surface area contributed by atoms with Gasteiger partial charge in [0.2, 0.25) is 0 Å². The van der Waals surface area contributed by atoms with Gasteiger partial charge in [0.15, 0.2) is 0 Å². The number of halogens is 6. The van der Waals surface area contributed by atoms with Gasteiger partial charge in [0.05, 0.1) is 17.2 Å². The van der Waals surface area contributed by atoms with Gasteiger partial charge in [-0.15, -0.1) is 0 Å². The molecule has 0 spiro atoms. The fourth-order valence-corrected chi connectivity index (χ4v) is 7.85. The number of rotatable bonds is 6. The van der Waals surface area contributed by atoms with E-state index in [0.717, 1.165) is 29.8 Å². The van der Waals surface area contributed by atoms with Crippen LogP contribution in [0.4, 0.5) is 26.3 Å². The number of amides is 2. The van der Waals surface area contributed by atoms with Crippen molar-refractivity contribution in [3.05, 3.63) is 191 Å². The standard InChI is InChI=1S/C25H23F3N2O.C24H21F3N2O/c1-29-15-16-30(17-23(29)19-7-3-2-4-8-19)24(31)20-13-11-18(12-14-20)21-9-5-6-10-22(21)25(26,27)28;25-24(26,27)21-9-5-4-8-20(21)17-10-12-19(13-11-17)23(30)29-15-14-28-22(16-29)18-6-2-1-3-7-18/h2-14,23H,15-17H2,1H3;1-13,22,28H,14-16H2. The van der Waals surface area contributed by atoms with E-state index >= 15 is 0 Å². The lowest BCUT2D eigenvalue weighted by Crippen LogP contribution is -2.49. The summed E-state index contributed by atoms with van der Waals surface area (Å²) in [5.41, 5.74) is 2.94. The topological polar surface area (TPSA) is 55.9 Å². The Morgan fingerprint density at radius 1 is 0.508 bits per heavy atom. The maximum absolute atomic E-state index is 13.3. The van der Waals surface area contributed by atoms with Gasteiger partial charge in [-0.1, -0.05) is 121 Å². The monoisotopic (exact) mass is 834 g/mol. The van der Waals surface area contributed by atoms with Crippen LogP contribution in [0, 0.1) is 0 Å². The summed E-state index contributed by atoms with van der Waals surface area (Å²) in [5, 5.41) is 3.42. The number of nitrogens with one attached hydrogen (secondary N) is 1. The predicted molar refractivity (Wildman–Crippen MR) is 225 cm³/mol.